The largest absolute Gasteiger partial charge is 0.460 e. The highest BCUT2D eigenvalue weighted by atomic mass is 28.4. The maximum Gasteiger partial charge on any atom is 0.318 e. The van der Waals surface area contributed by atoms with Crippen LogP contribution < -0.4 is 0 Å². The number of ketones is 1. The molecule has 0 unspecified atom stereocenters. The van der Waals surface area contributed by atoms with Crippen LogP contribution >= 0.6 is 0 Å². The van der Waals surface area contributed by atoms with Crippen molar-refractivity contribution in [3.63, 3.8) is 0 Å². The highest BCUT2D eigenvalue weighted by molar-refractivity contribution is 6.74. The van der Waals surface area contributed by atoms with Crippen LogP contribution in [0.15, 0.2) is 24.3 Å². The lowest BCUT2D eigenvalue weighted by Gasteiger charge is -2.37. The van der Waals surface area contributed by atoms with Gasteiger partial charge >= 0.3 is 11.9 Å². The zero-order valence-corrected chi connectivity index (χ0v) is 19.4. The summed E-state index contributed by atoms with van der Waals surface area (Å²) in [7, 11) is -1.96. The van der Waals surface area contributed by atoms with Crippen molar-refractivity contribution >= 4 is 26.0 Å². The third-order valence-electron chi connectivity index (χ3n) is 4.83. The third-order valence-corrected chi connectivity index (χ3v) is 9.37. The molecule has 0 amide bonds. The summed E-state index contributed by atoms with van der Waals surface area (Å²) in [6, 6.07) is 0. The number of hydrogen-bond donors (Lipinski definition) is 0. The second-order valence-corrected chi connectivity index (χ2v) is 14.4. The fraction of sp³-hybridized carbons (Fsp3) is 0.667. The summed E-state index contributed by atoms with van der Waals surface area (Å²) in [5.41, 5.74) is -1.78. The molecular formula is C21H34O6Si. The van der Waals surface area contributed by atoms with Gasteiger partial charge in [0.25, 0.3) is 0 Å². The van der Waals surface area contributed by atoms with Gasteiger partial charge in [0, 0.05) is 13.0 Å². The Kier molecular flexibility index (Phi) is 7.58. The highest BCUT2D eigenvalue weighted by Crippen LogP contribution is 2.37. The molecule has 0 N–H and O–H groups in total. The minimum absolute atomic E-state index is 0.0573. The Balaban J connectivity index is 2.79. The highest BCUT2D eigenvalue weighted by Gasteiger charge is 2.39. The first-order valence-electron chi connectivity index (χ1n) is 9.55. The molecule has 0 radical (unpaired) electrons. The molecule has 0 aromatic heterocycles. The minimum atomic E-state index is -1.96. The molecule has 0 aromatic carbocycles. The summed E-state index contributed by atoms with van der Waals surface area (Å²) in [6.07, 6.45) is 5.71. The zero-order valence-electron chi connectivity index (χ0n) is 18.4. The van der Waals surface area contributed by atoms with E-state index in [-0.39, 0.29) is 10.8 Å². The molecule has 6 nitrogen and oxygen atoms in total. The van der Waals surface area contributed by atoms with Crippen LogP contribution in [0.25, 0.3) is 0 Å². The molecule has 0 aromatic rings. The van der Waals surface area contributed by atoms with Gasteiger partial charge < -0.3 is 13.9 Å². The van der Waals surface area contributed by atoms with Gasteiger partial charge in [0.05, 0.1) is 0 Å². The van der Waals surface area contributed by atoms with Gasteiger partial charge in [-0.3, -0.25) is 14.4 Å². The van der Waals surface area contributed by atoms with Crippen LogP contribution in [-0.2, 0) is 28.3 Å². The summed E-state index contributed by atoms with van der Waals surface area (Å²) in [5.74, 6) is -1.53. The quantitative estimate of drug-likeness (QED) is 0.357. The Hall–Kier alpha value is -1.73. The average Bonchev–Trinajstić information content (AvgIpc) is 2.46. The Bertz CT molecular complexity index is 645. The lowest BCUT2D eigenvalue weighted by Crippen LogP contribution is -2.43. The first kappa shape index (κ1) is 24.3. The number of ether oxygens (including phenoxy) is 2. The summed E-state index contributed by atoms with van der Waals surface area (Å²) in [5, 5.41) is 0.0573. The van der Waals surface area contributed by atoms with Crippen LogP contribution in [0.1, 0.15) is 54.4 Å². The van der Waals surface area contributed by atoms with Crippen molar-refractivity contribution in [3.05, 3.63) is 24.3 Å². The predicted octanol–water partition coefficient (Wildman–Crippen LogP) is 4.11. The number of carbonyl (C=O) groups excluding carboxylic acids is 3. The molecule has 7 heteroatoms. The van der Waals surface area contributed by atoms with Gasteiger partial charge in [0.2, 0.25) is 0 Å². The van der Waals surface area contributed by atoms with E-state index in [2.05, 4.69) is 33.9 Å². The first-order valence-corrected chi connectivity index (χ1v) is 12.5. The van der Waals surface area contributed by atoms with Crippen molar-refractivity contribution in [2.45, 2.75) is 83.7 Å². The number of esters is 2. The van der Waals surface area contributed by atoms with Gasteiger partial charge in [0.15, 0.2) is 19.7 Å². The summed E-state index contributed by atoms with van der Waals surface area (Å²) >= 11 is 0. The van der Waals surface area contributed by atoms with Gasteiger partial charge in [-0.25, -0.2) is 0 Å². The number of rotatable bonds is 7. The maximum atomic E-state index is 12.3. The number of hydrogen-bond acceptors (Lipinski definition) is 6. The van der Waals surface area contributed by atoms with Crippen molar-refractivity contribution in [2.75, 3.05) is 6.61 Å². The Morgan fingerprint density at radius 1 is 1.00 bits per heavy atom. The molecule has 0 fully saturated rings. The van der Waals surface area contributed by atoms with E-state index in [0.717, 1.165) is 0 Å². The molecule has 0 bridgehead atoms. The van der Waals surface area contributed by atoms with E-state index in [1.54, 1.807) is 32.9 Å². The van der Waals surface area contributed by atoms with Crippen LogP contribution in [0, 0.1) is 0 Å². The summed E-state index contributed by atoms with van der Waals surface area (Å²) in [6.45, 7) is 16.3. The summed E-state index contributed by atoms with van der Waals surface area (Å²) in [4.78, 5) is 35.7. The number of allylic oxidation sites excluding steroid dienone is 2. The standard InChI is InChI=1S/C21H34O6Si/c1-19(2,3)26-17(23)15-18(24)27-21(11-9-16(22)10-12-21)13-14-25-28(7,8)20(4,5)6/h9-12H,13-15H2,1-8H3. The van der Waals surface area contributed by atoms with Crippen LogP contribution in [0.2, 0.25) is 18.1 Å². The molecule has 0 saturated carbocycles. The van der Waals surface area contributed by atoms with E-state index in [0.29, 0.717) is 13.0 Å². The van der Waals surface area contributed by atoms with E-state index in [9.17, 15) is 14.4 Å². The zero-order chi connectivity index (χ0) is 21.8. The fourth-order valence-corrected chi connectivity index (χ4v) is 3.31. The first-order chi connectivity index (χ1) is 12.6. The molecule has 158 valence electrons. The van der Waals surface area contributed by atoms with Gasteiger partial charge in [-0.05, 0) is 63.2 Å². The fourth-order valence-electron chi connectivity index (χ4n) is 2.27. The van der Waals surface area contributed by atoms with Crippen LogP contribution in [0.3, 0.4) is 0 Å². The minimum Gasteiger partial charge on any atom is -0.460 e. The molecule has 28 heavy (non-hydrogen) atoms. The van der Waals surface area contributed by atoms with E-state index in [1.807, 2.05) is 0 Å². The molecule has 0 atom stereocenters. The van der Waals surface area contributed by atoms with Crippen molar-refractivity contribution in [2.24, 2.45) is 0 Å². The van der Waals surface area contributed by atoms with E-state index >= 15 is 0 Å². The third kappa shape index (κ3) is 7.71. The normalized spacial score (nSPS) is 16.8. The average molecular weight is 411 g/mol. The van der Waals surface area contributed by atoms with Crippen LogP contribution in [0.5, 0.6) is 0 Å². The number of carbonyl (C=O) groups is 3. The van der Waals surface area contributed by atoms with Crippen LogP contribution in [0.4, 0.5) is 0 Å². The summed E-state index contributed by atoms with van der Waals surface area (Å²) < 4.78 is 16.9. The molecule has 1 aliphatic carbocycles. The molecule has 0 heterocycles. The van der Waals surface area contributed by atoms with E-state index in [4.69, 9.17) is 13.9 Å². The van der Waals surface area contributed by atoms with E-state index < -0.39 is 37.9 Å². The lowest BCUT2D eigenvalue weighted by molar-refractivity contribution is -0.165. The van der Waals surface area contributed by atoms with Crippen LogP contribution in [-0.4, -0.2) is 43.8 Å². The van der Waals surface area contributed by atoms with Crippen molar-refractivity contribution in [1.29, 1.82) is 0 Å². The molecule has 0 spiro atoms. The van der Waals surface area contributed by atoms with Crippen molar-refractivity contribution in [3.8, 4) is 0 Å². The SMILES string of the molecule is CC(C)(C)OC(=O)CC(=O)OC1(CCO[Si](C)(C)C(C)(C)C)C=CC(=O)C=C1. The smallest absolute Gasteiger partial charge is 0.318 e. The molecular weight excluding hydrogens is 376 g/mol. The van der Waals surface area contributed by atoms with Gasteiger partial charge in [-0.15, -0.1) is 0 Å². The Labute approximate surface area is 169 Å². The topological polar surface area (TPSA) is 78.9 Å². The molecule has 1 aliphatic rings. The van der Waals surface area contributed by atoms with E-state index in [1.165, 1.54) is 12.2 Å². The van der Waals surface area contributed by atoms with Gasteiger partial charge in [-0.1, -0.05) is 20.8 Å². The Morgan fingerprint density at radius 3 is 2.00 bits per heavy atom. The monoisotopic (exact) mass is 410 g/mol. The molecule has 0 saturated heterocycles. The lowest BCUT2D eigenvalue weighted by atomic mass is 9.94. The predicted molar refractivity (Wildman–Crippen MR) is 110 cm³/mol. The maximum absolute atomic E-state index is 12.3. The Morgan fingerprint density at radius 2 is 1.54 bits per heavy atom. The second-order valence-electron chi connectivity index (χ2n) is 9.62. The van der Waals surface area contributed by atoms with Gasteiger partial charge in [-0.2, -0.15) is 0 Å². The molecule has 0 aliphatic heterocycles. The molecule has 1 rings (SSSR count). The van der Waals surface area contributed by atoms with Crippen molar-refractivity contribution in [1.82, 2.24) is 0 Å². The van der Waals surface area contributed by atoms with Gasteiger partial charge in [0.1, 0.15) is 12.0 Å². The van der Waals surface area contributed by atoms with Crippen molar-refractivity contribution < 1.29 is 28.3 Å². The second kappa shape index (κ2) is 8.74.